The van der Waals surface area contributed by atoms with Crippen LogP contribution < -0.4 is 10.6 Å². The first-order valence-corrected chi connectivity index (χ1v) is 19.5. The van der Waals surface area contributed by atoms with E-state index in [-0.39, 0.29) is 6.61 Å². The summed E-state index contributed by atoms with van der Waals surface area (Å²) < 4.78 is 35.7. The van der Waals surface area contributed by atoms with Crippen LogP contribution in [0, 0.1) is 0 Å². The Morgan fingerprint density at radius 1 is 0.696 bits per heavy atom. The van der Waals surface area contributed by atoms with E-state index in [1.54, 1.807) is 25.1 Å². The van der Waals surface area contributed by atoms with Crippen LogP contribution in [0.2, 0.25) is 0 Å². The molecule has 2 aromatic carbocycles. The van der Waals surface area contributed by atoms with E-state index >= 15 is 0 Å². The van der Waals surface area contributed by atoms with Gasteiger partial charge in [0.2, 0.25) is 5.91 Å². The molecule has 3 heterocycles. The zero-order chi connectivity index (χ0) is 40.5. The van der Waals surface area contributed by atoms with Crippen molar-refractivity contribution in [2.24, 2.45) is 0 Å². The van der Waals surface area contributed by atoms with Gasteiger partial charge in [0.15, 0.2) is 18.9 Å². The minimum atomic E-state index is -1.68. The minimum absolute atomic E-state index is 0.244. The van der Waals surface area contributed by atoms with Crippen molar-refractivity contribution < 1.29 is 73.8 Å². The predicted molar refractivity (Wildman–Crippen MR) is 198 cm³/mol. The number of fused-ring (bicyclic) bond motifs is 1. The van der Waals surface area contributed by atoms with E-state index in [4.69, 9.17) is 28.4 Å². The highest BCUT2D eigenvalue weighted by Gasteiger charge is 2.52. The molecule has 56 heavy (non-hydrogen) atoms. The van der Waals surface area contributed by atoms with E-state index in [9.17, 15) is 45.3 Å². The molecular formula is C39H58N2O15. The number of hydrogen-bond acceptors (Lipinski definition) is 15. The number of aliphatic hydroxyl groups excluding tert-OH is 7. The van der Waals surface area contributed by atoms with Gasteiger partial charge in [0.05, 0.1) is 25.4 Å². The predicted octanol–water partition coefficient (Wildman–Crippen LogP) is -0.426. The van der Waals surface area contributed by atoms with E-state index < -0.39 is 117 Å². The lowest BCUT2D eigenvalue weighted by Crippen LogP contribution is -2.69. The average Bonchev–Trinajstić information content (AvgIpc) is 3.18. The Balaban J connectivity index is 1.33. The number of nitrogens with one attached hydrogen (secondary N) is 2. The van der Waals surface area contributed by atoms with E-state index in [2.05, 4.69) is 17.6 Å². The van der Waals surface area contributed by atoms with Crippen molar-refractivity contribution in [1.82, 2.24) is 10.6 Å². The summed E-state index contributed by atoms with van der Waals surface area (Å²) in [5.41, 5.74) is 0.306. The number of carbonyl (C=O) groups excluding carboxylic acids is 2. The summed E-state index contributed by atoms with van der Waals surface area (Å²) in [5.74, 6) is -1.14. The van der Waals surface area contributed by atoms with Crippen LogP contribution >= 0.6 is 0 Å². The fraction of sp³-hybridized carbons (Fsp3) is 0.692. The third-order valence-corrected chi connectivity index (χ3v) is 10.6. The summed E-state index contributed by atoms with van der Waals surface area (Å²) in [5, 5.41) is 82.4. The molecule has 0 unspecified atom stereocenters. The molecule has 15 atom stereocenters. The maximum atomic E-state index is 13.6. The summed E-state index contributed by atoms with van der Waals surface area (Å²) in [4.78, 5) is 25.7. The van der Waals surface area contributed by atoms with Crippen LogP contribution in [0.15, 0.2) is 42.5 Å². The number of hydrogen-bond donors (Lipinski definition) is 9. The van der Waals surface area contributed by atoms with E-state index in [0.29, 0.717) is 12.0 Å². The van der Waals surface area contributed by atoms with Gasteiger partial charge in [-0.2, -0.15) is 0 Å². The van der Waals surface area contributed by atoms with Crippen LogP contribution in [-0.4, -0.2) is 159 Å². The minimum Gasteiger partial charge on any atom is -0.394 e. The number of amides is 2. The summed E-state index contributed by atoms with van der Waals surface area (Å²) in [6, 6.07) is 10.1. The normalized spacial score (nSPS) is 36.3. The summed E-state index contributed by atoms with van der Waals surface area (Å²) >= 11 is 0. The number of ether oxygens (including phenoxy) is 6. The van der Waals surface area contributed by atoms with Crippen LogP contribution in [0.25, 0.3) is 10.8 Å². The van der Waals surface area contributed by atoms with Crippen LogP contribution in [0.1, 0.15) is 69.7 Å². The van der Waals surface area contributed by atoms with Crippen molar-refractivity contribution in [3.05, 3.63) is 48.0 Å². The second-order valence-electron chi connectivity index (χ2n) is 14.8. The van der Waals surface area contributed by atoms with Gasteiger partial charge in [0.25, 0.3) is 5.91 Å². The van der Waals surface area contributed by atoms with Crippen LogP contribution in [0.3, 0.4) is 0 Å². The largest absolute Gasteiger partial charge is 0.394 e. The first kappa shape index (κ1) is 44.2. The smallest absolute Gasteiger partial charge is 0.251 e. The first-order chi connectivity index (χ1) is 26.8. The molecule has 3 aliphatic heterocycles. The molecule has 314 valence electrons. The standard InChI is InChI=1S/C39H58N2O15/c1-4-5-6-7-8-11-16-51-38-34(49)33(48)30(45)26(55-38)19-52-39-35(56-37-28(40-21(3)43)31(46)29(44)25(18-42)54-37)32(47)27(20(2)53-39)41-36(50)24-15-14-22-12-9-10-13-23(22)17-24/h9-10,12-15,17,20,25-35,37-39,42,44-49H,4-8,11,16,18-19H2,1-3H3,(H,40,43)(H,41,50)/t20-,25-,26-,27-,28-,29-,30-,31-,32+,33+,34-,35+,37+,38-,39+/m1/s1. The molecule has 5 rings (SSSR count). The second-order valence-corrected chi connectivity index (χ2v) is 14.8. The Kier molecular flexibility index (Phi) is 16.3. The van der Waals surface area contributed by atoms with Gasteiger partial charge in [-0.15, -0.1) is 0 Å². The zero-order valence-corrected chi connectivity index (χ0v) is 32.0. The van der Waals surface area contributed by atoms with Crippen molar-refractivity contribution in [2.45, 2.75) is 151 Å². The van der Waals surface area contributed by atoms with Gasteiger partial charge < -0.3 is 74.8 Å². The molecule has 2 amide bonds. The highest BCUT2D eigenvalue weighted by Crippen LogP contribution is 2.31. The van der Waals surface area contributed by atoms with Crippen LogP contribution in [0.5, 0.6) is 0 Å². The molecule has 0 radical (unpaired) electrons. The third kappa shape index (κ3) is 10.8. The lowest BCUT2D eigenvalue weighted by Gasteiger charge is -2.48. The number of carbonyl (C=O) groups is 2. The average molecular weight is 795 g/mol. The second kappa shape index (κ2) is 20.7. The molecule has 0 saturated carbocycles. The molecule has 0 aromatic heterocycles. The SMILES string of the molecule is CCCCCCCCO[C@@H]1O[C@H](CO[C@H]2O[C@H](C)[C@@H](NC(=O)c3ccc4ccccc4c3)[C@H](O)[C@@H]2O[C@@H]2O[C@H](CO)[C@@H](O)[C@H](O)[C@H]2NC(C)=O)[C@@H](O)[C@H](O)[C@H]1O. The Morgan fingerprint density at radius 2 is 1.38 bits per heavy atom. The molecular weight excluding hydrogens is 736 g/mol. The fourth-order valence-corrected chi connectivity index (χ4v) is 7.27. The Morgan fingerprint density at radius 3 is 2.09 bits per heavy atom. The maximum Gasteiger partial charge on any atom is 0.251 e. The lowest BCUT2D eigenvalue weighted by atomic mass is 9.94. The topological polar surface area (TPSA) is 255 Å². The molecule has 2 aromatic rings. The van der Waals surface area contributed by atoms with Gasteiger partial charge >= 0.3 is 0 Å². The fourth-order valence-electron chi connectivity index (χ4n) is 7.27. The van der Waals surface area contributed by atoms with Gasteiger partial charge in [-0.1, -0.05) is 69.4 Å². The molecule has 3 saturated heterocycles. The monoisotopic (exact) mass is 794 g/mol. The third-order valence-electron chi connectivity index (χ3n) is 10.6. The van der Waals surface area contributed by atoms with Gasteiger partial charge in [-0.05, 0) is 36.2 Å². The quantitative estimate of drug-likeness (QED) is 0.0922. The lowest BCUT2D eigenvalue weighted by molar-refractivity contribution is -0.351. The van der Waals surface area contributed by atoms with Gasteiger partial charge in [-0.3, -0.25) is 9.59 Å². The number of benzene rings is 2. The molecule has 3 fully saturated rings. The van der Waals surface area contributed by atoms with Crippen molar-refractivity contribution >= 4 is 22.6 Å². The van der Waals surface area contributed by atoms with Gasteiger partial charge in [0.1, 0.15) is 61.0 Å². The van der Waals surface area contributed by atoms with Crippen molar-refractivity contribution in [3.8, 4) is 0 Å². The summed E-state index contributed by atoms with van der Waals surface area (Å²) in [6.07, 6.45) is -13.2. The maximum absolute atomic E-state index is 13.6. The number of aliphatic hydroxyl groups is 7. The summed E-state index contributed by atoms with van der Waals surface area (Å²) in [7, 11) is 0. The van der Waals surface area contributed by atoms with E-state index in [0.717, 1.165) is 42.9 Å². The summed E-state index contributed by atoms with van der Waals surface area (Å²) in [6.45, 7) is 3.92. The highest BCUT2D eigenvalue weighted by molar-refractivity contribution is 5.98. The van der Waals surface area contributed by atoms with E-state index in [1.165, 1.54) is 6.92 Å². The van der Waals surface area contributed by atoms with Crippen molar-refractivity contribution in [1.29, 1.82) is 0 Å². The highest BCUT2D eigenvalue weighted by atomic mass is 16.8. The van der Waals surface area contributed by atoms with Crippen molar-refractivity contribution in [2.75, 3.05) is 19.8 Å². The number of unbranched alkanes of at least 4 members (excludes halogenated alkanes) is 5. The van der Waals surface area contributed by atoms with Gasteiger partial charge in [-0.25, -0.2) is 0 Å². The Labute approximate surface area is 325 Å². The van der Waals surface area contributed by atoms with Gasteiger partial charge in [0, 0.05) is 19.1 Å². The van der Waals surface area contributed by atoms with E-state index in [1.807, 2.05) is 24.3 Å². The molecule has 3 aliphatic rings. The molecule has 9 N–H and O–H groups in total. The molecule has 0 bridgehead atoms. The van der Waals surface area contributed by atoms with Crippen LogP contribution in [-0.2, 0) is 33.2 Å². The molecule has 0 aliphatic carbocycles. The molecule has 17 nitrogen and oxygen atoms in total. The molecule has 0 spiro atoms. The molecule has 17 heteroatoms. The Hall–Kier alpha value is -2.88. The Bertz CT molecular complexity index is 1550. The zero-order valence-electron chi connectivity index (χ0n) is 32.0. The number of rotatable bonds is 17. The first-order valence-electron chi connectivity index (χ1n) is 19.5. The van der Waals surface area contributed by atoms with Crippen LogP contribution in [0.4, 0.5) is 0 Å². The van der Waals surface area contributed by atoms with Crippen molar-refractivity contribution in [3.63, 3.8) is 0 Å².